The number of methoxy groups -OCH3 is 1. The summed E-state index contributed by atoms with van der Waals surface area (Å²) in [5.74, 6) is 1.68. The van der Waals surface area contributed by atoms with Crippen molar-refractivity contribution in [3.05, 3.63) is 66.0 Å². The number of piperazine rings is 1. The molecule has 0 atom stereocenters. The van der Waals surface area contributed by atoms with E-state index in [4.69, 9.17) is 4.74 Å². The molecule has 31 heavy (non-hydrogen) atoms. The van der Waals surface area contributed by atoms with Gasteiger partial charge >= 0.3 is 6.03 Å². The van der Waals surface area contributed by atoms with Crippen molar-refractivity contribution in [3.8, 4) is 17.0 Å². The maximum Gasteiger partial charge on any atom is 0.321 e. The first-order chi connectivity index (χ1) is 15.0. The van der Waals surface area contributed by atoms with Crippen LogP contribution in [0.25, 0.3) is 11.3 Å². The van der Waals surface area contributed by atoms with E-state index in [2.05, 4.69) is 27.1 Å². The Balaban J connectivity index is 1.38. The van der Waals surface area contributed by atoms with Crippen LogP contribution in [0.1, 0.15) is 11.1 Å². The van der Waals surface area contributed by atoms with Crippen molar-refractivity contribution in [1.82, 2.24) is 14.9 Å². The van der Waals surface area contributed by atoms with Gasteiger partial charge in [-0.25, -0.2) is 14.8 Å². The third kappa shape index (κ3) is 4.77. The van der Waals surface area contributed by atoms with Crippen LogP contribution in [0, 0.1) is 13.8 Å². The van der Waals surface area contributed by atoms with Crippen LogP contribution in [0.5, 0.6) is 5.75 Å². The summed E-state index contributed by atoms with van der Waals surface area (Å²) in [6.45, 7) is 6.83. The highest BCUT2D eigenvalue weighted by Crippen LogP contribution is 2.24. The molecule has 1 aliphatic heterocycles. The number of ether oxygens (including phenoxy) is 1. The normalized spacial score (nSPS) is 13.8. The van der Waals surface area contributed by atoms with E-state index in [-0.39, 0.29) is 6.03 Å². The van der Waals surface area contributed by atoms with Gasteiger partial charge in [-0.05, 0) is 61.4 Å². The molecule has 1 fully saturated rings. The Kier molecular flexibility index (Phi) is 6.02. The smallest absolute Gasteiger partial charge is 0.321 e. The monoisotopic (exact) mass is 417 g/mol. The number of rotatable bonds is 4. The molecule has 0 saturated carbocycles. The second-order valence-corrected chi connectivity index (χ2v) is 7.69. The number of anilines is 2. The molecule has 0 unspecified atom stereocenters. The largest absolute Gasteiger partial charge is 0.497 e. The van der Waals surface area contributed by atoms with Gasteiger partial charge in [0.05, 0.1) is 12.8 Å². The van der Waals surface area contributed by atoms with Gasteiger partial charge in [-0.2, -0.15) is 0 Å². The molecule has 1 aromatic heterocycles. The van der Waals surface area contributed by atoms with Crippen LogP contribution in [-0.2, 0) is 0 Å². The van der Waals surface area contributed by atoms with Crippen molar-refractivity contribution < 1.29 is 9.53 Å². The number of urea groups is 1. The van der Waals surface area contributed by atoms with Crippen LogP contribution in [0.2, 0.25) is 0 Å². The molecule has 160 valence electrons. The average molecular weight is 418 g/mol. The number of carbonyl (C=O) groups is 1. The predicted octanol–water partition coefficient (Wildman–Crippen LogP) is 4.12. The number of carbonyl (C=O) groups excluding carboxylic acids is 1. The van der Waals surface area contributed by atoms with Gasteiger partial charge in [-0.15, -0.1) is 0 Å². The molecule has 1 aliphatic rings. The van der Waals surface area contributed by atoms with Gasteiger partial charge in [0, 0.05) is 43.5 Å². The lowest BCUT2D eigenvalue weighted by molar-refractivity contribution is 0.208. The van der Waals surface area contributed by atoms with Crippen molar-refractivity contribution in [2.24, 2.45) is 0 Å². The second-order valence-electron chi connectivity index (χ2n) is 7.69. The van der Waals surface area contributed by atoms with E-state index in [1.165, 1.54) is 11.1 Å². The summed E-state index contributed by atoms with van der Waals surface area (Å²) in [4.78, 5) is 25.6. The lowest BCUT2D eigenvalue weighted by atomic mass is 10.1. The van der Waals surface area contributed by atoms with E-state index < -0.39 is 0 Å². The minimum absolute atomic E-state index is 0.0653. The molecule has 7 heteroatoms. The Morgan fingerprint density at radius 2 is 1.68 bits per heavy atom. The van der Waals surface area contributed by atoms with Crippen LogP contribution in [0.4, 0.5) is 16.3 Å². The molecule has 2 heterocycles. The number of hydrogen-bond donors (Lipinski definition) is 1. The van der Waals surface area contributed by atoms with Crippen LogP contribution < -0.4 is 15.0 Å². The summed E-state index contributed by atoms with van der Waals surface area (Å²) >= 11 is 0. The van der Waals surface area contributed by atoms with E-state index in [9.17, 15) is 4.79 Å². The molecule has 1 saturated heterocycles. The fourth-order valence-corrected chi connectivity index (χ4v) is 3.60. The Morgan fingerprint density at radius 3 is 2.35 bits per heavy atom. The highest BCUT2D eigenvalue weighted by molar-refractivity contribution is 5.89. The fraction of sp³-hybridized carbons (Fsp3) is 0.292. The zero-order chi connectivity index (χ0) is 21.8. The second kappa shape index (κ2) is 9.04. The third-order valence-corrected chi connectivity index (χ3v) is 5.69. The lowest BCUT2D eigenvalue weighted by Crippen LogP contribution is -2.50. The van der Waals surface area contributed by atoms with Crippen LogP contribution >= 0.6 is 0 Å². The molecule has 7 nitrogen and oxygen atoms in total. The van der Waals surface area contributed by atoms with Gasteiger partial charge in [0.15, 0.2) is 0 Å². The van der Waals surface area contributed by atoms with E-state index >= 15 is 0 Å². The number of nitrogens with zero attached hydrogens (tertiary/aromatic N) is 4. The van der Waals surface area contributed by atoms with Gasteiger partial charge in [0.2, 0.25) is 0 Å². The van der Waals surface area contributed by atoms with Crippen molar-refractivity contribution in [2.45, 2.75) is 13.8 Å². The van der Waals surface area contributed by atoms with E-state index in [0.717, 1.165) is 41.6 Å². The molecule has 0 bridgehead atoms. The third-order valence-electron chi connectivity index (χ3n) is 5.69. The maximum atomic E-state index is 12.7. The molecule has 0 radical (unpaired) electrons. The number of aryl methyl sites for hydroxylation is 2. The average Bonchev–Trinajstić information content (AvgIpc) is 2.82. The van der Waals surface area contributed by atoms with Gasteiger partial charge in [-0.1, -0.05) is 6.07 Å². The van der Waals surface area contributed by atoms with Gasteiger partial charge in [-0.3, -0.25) is 0 Å². The predicted molar refractivity (Wildman–Crippen MR) is 123 cm³/mol. The van der Waals surface area contributed by atoms with Crippen molar-refractivity contribution >= 4 is 17.5 Å². The van der Waals surface area contributed by atoms with Crippen molar-refractivity contribution in [3.63, 3.8) is 0 Å². The van der Waals surface area contributed by atoms with Crippen LogP contribution in [-0.4, -0.2) is 54.2 Å². The summed E-state index contributed by atoms with van der Waals surface area (Å²) in [5, 5.41) is 3.01. The highest BCUT2D eigenvalue weighted by Gasteiger charge is 2.22. The Labute approximate surface area is 182 Å². The zero-order valence-corrected chi connectivity index (χ0v) is 18.1. The van der Waals surface area contributed by atoms with Crippen LogP contribution in [0.3, 0.4) is 0 Å². The quantitative estimate of drug-likeness (QED) is 0.691. The Bertz CT molecular complexity index is 1060. The van der Waals surface area contributed by atoms with Crippen LogP contribution in [0.15, 0.2) is 54.9 Å². The van der Waals surface area contributed by atoms with E-state index in [1.54, 1.807) is 13.4 Å². The van der Waals surface area contributed by atoms with E-state index in [1.807, 2.05) is 60.4 Å². The number of nitrogens with one attached hydrogen (secondary N) is 1. The molecule has 3 aromatic rings. The van der Waals surface area contributed by atoms with Gasteiger partial charge in [0.1, 0.15) is 17.9 Å². The first-order valence-electron chi connectivity index (χ1n) is 10.4. The highest BCUT2D eigenvalue weighted by atomic mass is 16.5. The molecule has 0 aliphatic carbocycles. The van der Waals surface area contributed by atoms with Gasteiger partial charge < -0.3 is 19.9 Å². The standard InChI is InChI=1S/C24H27N5O2/c1-17-4-7-20(14-18(17)2)27-24(30)29-12-10-28(11-13-29)23-15-22(25-16-26-23)19-5-8-21(31-3)9-6-19/h4-9,14-16H,10-13H2,1-3H3,(H,27,30). The first-order valence-corrected chi connectivity index (χ1v) is 10.4. The Hall–Kier alpha value is -3.61. The van der Waals surface area contributed by atoms with E-state index in [0.29, 0.717) is 13.1 Å². The molecular weight excluding hydrogens is 390 g/mol. The SMILES string of the molecule is COc1ccc(-c2cc(N3CCN(C(=O)Nc4ccc(C)c(C)c4)CC3)ncn2)cc1. The number of benzene rings is 2. The zero-order valence-electron chi connectivity index (χ0n) is 18.1. The summed E-state index contributed by atoms with van der Waals surface area (Å²) in [5.41, 5.74) is 5.08. The summed E-state index contributed by atoms with van der Waals surface area (Å²) in [6, 6.07) is 15.7. The lowest BCUT2D eigenvalue weighted by Gasteiger charge is -2.35. The summed E-state index contributed by atoms with van der Waals surface area (Å²) < 4.78 is 5.22. The summed E-state index contributed by atoms with van der Waals surface area (Å²) in [7, 11) is 1.65. The molecular formula is C24H27N5O2. The number of amides is 2. The molecule has 1 N–H and O–H groups in total. The molecule has 2 aromatic carbocycles. The van der Waals surface area contributed by atoms with Gasteiger partial charge in [0.25, 0.3) is 0 Å². The number of aromatic nitrogens is 2. The molecule has 4 rings (SSSR count). The number of hydrogen-bond acceptors (Lipinski definition) is 5. The molecule has 2 amide bonds. The fourth-order valence-electron chi connectivity index (χ4n) is 3.60. The molecule has 0 spiro atoms. The maximum absolute atomic E-state index is 12.7. The minimum atomic E-state index is -0.0653. The van der Waals surface area contributed by atoms with Crippen molar-refractivity contribution in [2.75, 3.05) is 43.5 Å². The minimum Gasteiger partial charge on any atom is -0.497 e. The topological polar surface area (TPSA) is 70.6 Å². The summed E-state index contributed by atoms with van der Waals surface area (Å²) in [6.07, 6.45) is 1.59. The van der Waals surface area contributed by atoms with Crippen molar-refractivity contribution in [1.29, 1.82) is 0 Å². The Morgan fingerprint density at radius 1 is 0.935 bits per heavy atom. The first kappa shape index (κ1) is 20.7.